The summed E-state index contributed by atoms with van der Waals surface area (Å²) in [5, 5.41) is 10.8. The number of hydrogen-bond donors (Lipinski definition) is 1. The summed E-state index contributed by atoms with van der Waals surface area (Å²) in [6.07, 6.45) is 6.29. The molecule has 0 spiro atoms. The largest absolute Gasteiger partial charge is 0.421 e. The lowest BCUT2D eigenvalue weighted by atomic mass is 9.88. The van der Waals surface area contributed by atoms with Crippen molar-refractivity contribution in [1.29, 1.82) is 0 Å². The molecule has 1 saturated carbocycles. The van der Waals surface area contributed by atoms with E-state index in [9.17, 15) is 9.18 Å². The van der Waals surface area contributed by atoms with Crippen LogP contribution >= 0.6 is 11.6 Å². The Kier molecular flexibility index (Phi) is 6.04. The van der Waals surface area contributed by atoms with Gasteiger partial charge >= 0.3 is 0 Å². The zero-order valence-corrected chi connectivity index (χ0v) is 15.2. The lowest BCUT2D eigenvalue weighted by Gasteiger charge is -2.21. The van der Waals surface area contributed by atoms with Crippen LogP contribution in [0.15, 0.2) is 34.9 Å². The number of allylic oxidation sites excluding steroid dienone is 1. The van der Waals surface area contributed by atoms with Gasteiger partial charge in [-0.3, -0.25) is 4.79 Å². The molecular formula is C19H21ClFN3O2. The number of aromatic nitrogens is 2. The summed E-state index contributed by atoms with van der Waals surface area (Å²) in [6.45, 7) is 3.90. The maximum atomic E-state index is 13.5. The molecule has 0 atom stereocenters. The Morgan fingerprint density at radius 3 is 2.81 bits per heavy atom. The number of aryl methyl sites for hydroxylation is 1. The Morgan fingerprint density at radius 1 is 1.31 bits per heavy atom. The molecule has 1 N–H and O–H groups in total. The number of hydrogen-bond acceptors (Lipinski definition) is 4. The van der Waals surface area contributed by atoms with Crippen LogP contribution in [0.5, 0.6) is 0 Å². The molecule has 1 aromatic heterocycles. The third kappa shape index (κ3) is 4.69. The molecule has 0 radical (unpaired) electrons. The van der Waals surface area contributed by atoms with E-state index in [2.05, 4.69) is 22.1 Å². The highest BCUT2D eigenvalue weighted by atomic mass is 35.5. The third-order valence-electron chi connectivity index (χ3n) is 4.55. The van der Waals surface area contributed by atoms with Gasteiger partial charge in [-0.2, -0.15) is 0 Å². The molecule has 1 aliphatic carbocycles. The van der Waals surface area contributed by atoms with Crippen molar-refractivity contribution in [3.05, 3.63) is 47.2 Å². The van der Waals surface area contributed by atoms with Crippen molar-refractivity contribution in [3.63, 3.8) is 0 Å². The van der Waals surface area contributed by atoms with Crippen molar-refractivity contribution < 1.29 is 13.6 Å². The molecule has 0 saturated heterocycles. The van der Waals surface area contributed by atoms with Gasteiger partial charge in [-0.05, 0) is 37.5 Å². The van der Waals surface area contributed by atoms with Gasteiger partial charge in [0, 0.05) is 23.6 Å². The smallest absolute Gasteiger partial charge is 0.247 e. The van der Waals surface area contributed by atoms with Crippen LogP contribution in [0.1, 0.15) is 44.4 Å². The van der Waals surface area contributed by atoms with Crippen LogP contribution in [0.4, 0.5) is 4.39 Å². The second kappa shape index (κ2) is 8.45. The molecule has 138 valence electrons. The fraction of sp³-hybridized carbons (Fsp3) is 0.421. The molecule has 1 aliphatic rings. The van der Waals surface area contributed by atoms with Crippen molar-refractivity contribution in [2.75, 3.05) is 0 Å². The number of carbonyl (C=O) groups is 1. The van der Waals surface area contributed by atoms with Crippen molar-refractivity contribution in [3.8, 4) is 11.5 Å². The summed E-state index contributed by atoms with van der Waals surface area (Å²) in [6, 6.07) is 4.31. The molecule has 2 aromatic rings. The van der Waals surface area contributed by atoms with Gasteiger partial charge in [0.05, 0.1) is 5.02 Å². The highest BCUT2D eigenvalue weighted by Gasteiger charge is 2.21. The van der Waals surface area contributed by atoms with Crippen LogP contribution < -0.4 is 5.32 Å². The van der Waals surface area contributed by atoms with E-state index in [1.54, 1.807) is 6.07 Å². The highest BCUT2D eigenvalue weighted by molar-refractivity contribution is 6.30. The summed E-state index contributed by atoms with van der Waals surface area (Å²) in [5.74, 6) is 0.242. The number of benzene rings is 1. The first-order valence-corrected chi connectivity index (χ1v) is 9.17. The van der Waals surface area contributed by atoms with Crippen LogP contribution in [0.3, 0.4) is 0 Å². The number of halogens is 2. The van der Waals surface area contributed by atoms with E-state index in [0.717, 1.165) is 25.7 Å². The SMILES string of the molecule is C=C(CCc1nnc(-c2ccc(Cl)c(F)c2)o1)NC(=O)C1CCCCC1. The monoisotopic (exact) mass is 377 g/mol. The Hall–Kier alpha value is -2.21. The van der Waals surface area contributed by atoms with E-state index in [1.165, 1.54) is 18.6 Å². The van der Waals surface area contributed by atoms with Gasteiger partial charge in [-0.1, -0.05) is 37.4 Å². The molecule has 0 unspecified atom stereocenters. The summed E-state index contributed by atoms with van der Waals surface area (Å²) in [5.41, 5.74) is 1.10. The number of carbonyl (C=O) groups excluding carboxylic acids is 1. The summed E-state index contributed by atoms with van der Waals surface area (Å²) < 4.78 is 19.1. The number of rotatable bonds is 6. The minimum absolute atomic E-state index is 0.0403. The normalized spacial score (nSPS) is 15.0. The maximum Gasteiger partial charge on any atom is 0.247 e. The van der Waals surface area contributed by atoms with E-state index in [1.807, 2.05) is 0 Å². The minimum Gasteiger partial charge on any atom is -0.421 e. The predicted molar refractivity (Wildman–Crippen MR) is 96.9 cm³/mol. The summed E-state index contributed by atoms with van der Waals surface area (Å²) >= 11 is 5.67. The van der Waals surface area contributed by atoms with Crippen LogP contribution in [0, 0.1) is 11.7 Å². The lowest BCUT2D eigenvalue weighted by Crippen LogP contribution is -2.31. The maximum absolute atomic E-state index is 13.5. The highest BCUT2D eigenvalue weighted by Crippen LogP contribution is 2.25. The average Bonchev–Trinajstić information content (AvgIpc) is 3.12. The summed E-state index contributed by atoms with van der Waals surface area (Å²) in [7, 11) is 0. The lowest BCUT2D eigenvalue weighted by molar-refractivity contribution is -0.125. The molecule has 0 bridgehead atoms. The molecule has 5 nitrogen and oxygen atoms in total. The molecule has 0 aliphatic heterocycles. The first-order valence-electron chi connectivity index (χ1n) is 8.79. The average molecular weight is 378 g/mol. The van der Waals surface area contributed by atoms with Gasteiger partial charge in [0.15, 0.2) is 0 Å². The van der Waals surface area contributed by atoms with Crippen molar-refractivity contribution in [2.45, 2.75) is 44.9 Å². The molecular weight excluding hydrogens is 357 g/mol. The van der Waals surface area contributed by atoms with Gasteiger partial charge in [0.1, 0.15) is 5.82 Å². The van der Waals surface area contributed by atoms with Gasteiger partial charge < -0.3 is 9.73 Å². The Labute approximate surface area is 156 Å². The van der Waals surface area contributed by atoms with E-state index >= 15 is 0 Å². The Balaban J connectivity index is 1.51. The number of nitrogens with zero attached hydrogens (tertiary/aromatic N) is 2. The topological polar surface area (TPSA) is 68.0 Å². The van der Waals surface area contributed by atoms with E-state index in [4.69, 9.17) is 16.0 Å². The second-order valence-corrected chi connectivity index (χ2v) is 6.96. The van der Waals surface area contributed by atoms with Crippen LogP contribution in [0.2, 0.25) is 5.02 Å². The minimum atomic E-state index is -0.539. The number of amides is 1. The summed E-state index contributed by atoms with van der Waals surface area (Å²) in [4.78, 5) is 12.2. The van der Waals surface area contributed by atoms with Crippen molar-refractivity contribution in [2.24, 2.45) is 5.92 Å². The van der Waals surface area contributed by atoms with Crippen LogP contribution in [-0.2, 0) is 11.2 Å². The van der Waals surface area contributed by atoms with Gasteiger partial charge in [-0.25, -0.2) is 4.39 Å². The Morgan fingerprint density at radius 2 is 2.08 bits per heavy atom. The third-order valence-corrected chi connectivity index (χ3v) is 4.86. The van der Waals surface area contributed by atoms with E-state index in [-0.39, 0.29) is 22.7 Å². The first-order chi connectivity index (χ1) is 12.5. The van der Waals surface area contributed by atoms with Crippen LogP contribution in [-0.4, -0.2) is 16.1 Å². The standard InChI is InChI=1S/C19H21ClFN3O2/c1-12(22-18(25)13-5-3-2-4-6-13)7-10-17-23-24-19(26-17)14-8-9-15(20)16(21)11-14/h8-9,11,13H,1-7,10H2,(H,22,25). The molecule has 1 fully saturated rings. The predicted octanol–water partition coefficient (Wildman–Crippen LogP) is 4.67. The number of nitrogens with one attached hydrogen (secondary N) is 1. The molecule has 1 heterocycles. The molecule has 1 aromatic carbocycles. The molecule has 3 rings (SSSR count). The van der Waals surface area contributed by atoms with Gasteiger partial charge in [0.2, 0.25) is 17.7 Å². The molecule has 7 heteroatoms. The quantitative estimate of drug-likeness (QED) is 0.794. The van der Waals surface area contributed by atoms with Crippen molar-refractivity contribution in [1.82, 2.24) is 15.5 Å². The van der Waals surface area contributed by atoms with Crippen LogP contribution in [0.25, 0.3) is 11.5 Å². The van der Waals surface area contributed by atoms with Gasteiger partial charge in [0.25, 0.3) is 0 Å². The molecule has 1 amide bonds. The van der Waals surface area contributed by atoms with Gasteiger partial charge in [-0.15, -0.1) is 10.2 Å². The zero-order chi connectivity index (χ0) is 18.5. The van der Waals surface area contributed by atoms with E-state index < -0.39 is 5.82 Å². The van der Waals surface area contributed by atoms with Crippen molar-refractivity contribution >= 4 is 17.5 Å². The fourth-order valence-corrected chi connectivity index (χ4v) is 3.18. The first kappa shape index (κ1) is 18.6. The van der Waals surface area contributed by atoms with E-state index in [0.29, 0.717) is 30.0 Å². The zero-order valence-electron chi connectivity index (χ0n) is 14.4. The molecule has 26 heavy (non-hydrogen) atoms. The Bertz CT molecular complexity index is 800. The fourth-order valence-electron chi connectivity index (χ4n) is 3.06. The second-order valence-electron chi connectivity index (χ2n) is 6.56.